The predicted octanol–water partition coefficient (Wildman–Crippen LogP) is 6.82. The van der Waals surface area contributed by atoms with E-state index >= 15 is 0 Å². The zero-order chi connectivity index (χ0) is 37.6. The van der Waals surface area contributed by atoms with Gasteiger partial charge in [-0.05, 0) is 94.0 Å². The minimum absolute atomic E-state index is 0. The fourth-order valence-corrected chi connectivity index (χ4v) is 4.14. The molecule has 1 radical (unpaired) electrons. The molecule has 0 fully saturated rings. The smallest absolute Gasteiger partial charge is 0.741 e. The molecule has 0 atom stereocenters. The monoisotopic (exact) mass is 805 g/mol. The van der Waals surface area contributed by atoms with Crippen LogP contribution in [0, 0.1) is 20.2 Å². The van der Waals surface area contributed by atoms with Crippen molar-refractivity contribution in [2.45, 2.75) is 39.8 Å². The molecule has 0 heterocycles. The van der Waals surface area contributed by atoms with E-state index < -0.39 is 9.85 Å². The zero-order valence-corrected chi connectivity index (χ0v) is 31.5. The van der Waals surface area contributed by atoms with Crippen molar-refractivity contribution in [1.29, 1.82) is 0 Å². The maximum Gasteiger partial charge on any atom is 2.00 e. The van der Waals surface area contributed by atoms with Crippen LogP contribution in [0.1, 0.15) is 48.9 Å². The van der Waals surface area contributed by atoms with Crippen molar-refractivity contribution >= 4 is 59.4 Å². The second-order valence-corrected chi connectivity index (χ2v) is 11.4. The molecule has 0 spiro atoms. The Morgan fingerprint density at radius 1 is 0.623 bits per heavy atom. The van der Waals surface area contributed by atoms with Crippen molar-refractivity contribution in [3.05, 3.63) is 140 Å². The largest absolute Gasteiger partial charge is 2.00 e. The third-order valence-electron chi connectivity index (χ3n) is 6.56. The Morgan fingerprint density at radius 2 is 0.962 bits per heavy atom. The van der Waals surface area contributed by atoms with Crippen LogP contribution >= 0.6 is 0 Å². The summed E-state index contributed by atoms with van der Waals surface area (Å²) in [6, 6.07) is 27.5. The third kappa shape index (κ3) is 17.5. The summed E-state index contributed by atoms with van der Waals surface area (Å²) >= 11 is 10.2. The molecule has 4 aromatic carbocycles. The summed E-state index contributed by atoms with van der Waals surface area (Å²) in [5, 5.41) is 29.7. The van der Waals surface area contributed by atoms with Crippen molar-refractivity contribution in [3.63, 3.8) is 0 Å². The fraction of sp³-hybridized carbons (Fsp3) is 0.222. The first-order valence-corrected chi connectivity index (χ1v) is 16.9. The van der Waals surface area contributed by atoms with Gasteiger partial charge in [0.2, 0.25) is 0 Å². The molecule has 53 heavy (non-hydrogen) atoms. The number of nitro benzene ring substituents is 2. The number of benzene rings is 4. The number of hydrogen-bond donors (Lipinski definition) is 2. The third-order valence-corrected chi connectivity index (χ3v) is 7.00. The van der Waals surface area contributed by atoms with Gasteiger partial charge in [0.1, 0.15) is 11.5 Å². The van der Waals surface area contributed by atoms with E-state index in [2.05, 4.69) is 44.9 Å². The standard InChI is InChI=1S/2C18H20N4O3S.Cu/c2*1-2-11-25-17-9-5-14(6-10-17)12-19-18(26)21-20-13-15-3-7-16(8-4-15)22(23)24;/h2*3-10,13H,2,11-12H2,1H3,(H2,19,21,26);/q;;+2/p-2/b2*20-13+;. The number of hydrogen-bond acceptors (Lipinski definition) is 12. The predicted molar refractivity (Wildman–Crippen MR) is 209 cm³/mol. The van der Waals surface area contributed by atoms with E-state index in [9.17, 15) is 20.2 Å². The molecular weight excluding hydrogens is 768 g/mol. The van der Waals surface area contributed by atoms with Crippen LogP contribution in [-0.2, 0) is 55.4 Å². The maximum atomic E-state index is 10.6. The Morgan fingerprint density at radius 3 is 1.26 bits per heavy atom. The number of ether oxygens (including phenoxy) is 2. The molecule has 0 amide bonds. The fourth-order valence-electron chi connectivity index (χ4n) is 3.91. The van der Waals surface area contributed by atoms with E-state index in [1.807, 2.05) is 48.5 Å². The van der Waals surface area contributed by atoms with Crippen LogP contribution < -0.4 is 20.3 Å². The van der Waals surface area contributed by atoms with Crippen LogP contribution in [-0.4, -0.2) is 45.8 Å². The van der Waals surface area contributed by atoms with Crippen LogP contribution in [0.2, 0.25) is 0 Å². The Balaban J connectivity index is 0.000000360. The van der Waals surface area contributed by atoms with E-state index in [1.54, 1.807) is 24.3 Å². The maximum absolute atomic E-state index is 10.6. The van der Waals surface area contributed by atoms with Crippen LogP contribution in [0.5, 0.6) is 11.5 Å². The molecule has 4 aromatic rings. The summed E-state index contributed by atoms with van der Waals surface area (Å²) in [4.78, 5) is 28.8. The van der Waals surface area contributed by atoms with Gasteiger partial charge in [-0.3, -0.25) is 41.1 Å². The van der Waals surface area contributed by atoms with Crippen molar-refractivity contribution in [1.82, 2.24) is 10.9 Å². The number of aliphatic imine (C=N–C) groups is 2. The van der Waals surface area contributed by atoms with Gasteiger partial charge in [0.25, 0.3) is 11.4 Å². The van der Waals surface area contributed by atoms with Crippen LogP contribution in [0.15, 0.2) is 117 Å². The second kappa shape index (κ2) is 24.7. The van der Waals surface area contributed by atoms with Crippen LogP contribution in [0.25, 0.3) is 0 Å². The molecule has 4 rings (SSSR count). The second-order valence-electron chi connectivity index (χ2n) is 10.7. The summed E-state index contributed by atoms with van der Waals surface area (Å²) in [5.74, 6) is 1.67. The van der Waals surface area contributed by atoms with Gasteiger partial charge >= 0.3 is 17.1 Å². The van der Waals surface area contributed by atoms with E-state index in [0.717, 1.165) is 35.5 Å². The Hall–Kier alpha value is -5.48. The summed E-state index contributed by atoms with van der Waals surface area (Å²) < 4.78 is 11.1. The van der Waals surface area contributed by atoms with E-state index in [1.165, 1.54) is 36.7 Å². The molecule has 0 aliphatic heterocycles. The first kappa shape index (κ1) is 43.7. The van der Waals surface area contributed by atoms with Gasteiger partial charge in [-0.1, -0.05) is 38.1 Å². The van der Waals surface area contributed by atoms with Crippen molar-refractivity contribution < 1.29 is 36.4 Å². The minimum Gasteiger partial charge on any atom is -0.741 e. The summed E-state index contributed by atoms with van der Waals surface area (Å²) in [6.45, 7) is 6.39. The van der Waals surface area contributed by atoms with E-state index in [0.29, 0.717) is 37.4 Å². The average Bonchev–Trinajstić information content (AvgIpc) is 3.16. The van der Waals surface area contributed by atoms with Crippen LogP contribution in [0.3, 0.4) is 0 Å². The molecule has 0 unspecified atom stereocenters. The van der Waals surface area contributed by atoms with Gasteiger partial charge in [0, 0.05) is 24.3 Å². The average molecular weight is 806 g/mol. The molecule has 14 nitrogen and oxygen atoms in total. The summed E-state index contributed by atoms with van der Waals surface area (Å²) in [6.07, 6.45) is 4.98. The van der Waals surface area contributed by atoms with Gasteiger partial charge in [0.15, 0.2) is 0 Å². The van der Waals surface area contributed by atoms with Crippen molar-refractivity contribution in [2.24, 2.45) is 20.2 Å². The molecule has 0 bridgehead atoms. The first-order chi connectivity index (χ1) is 25.2. The molecule has 0 aliphatic carbocycles. The van der Waals surface area contributed by atoms with Crippen LogP contribution in [0.4, 0.5) is 11.4 Å². The summed E-state index contributed by atoms with van der Waals surface area (Å²) in [7, 11) is 0. The van der Waals surface area contributed by atoms with Crippen molar-refractivity contribution in [3.8, 4) is 11.5 Å². The van der Waals surface area contributed by atoms with Gasteiger partial charge in [-0.2, -0.15) is 10.2 Å². The Bertz CT molecular complexity index is 1690. The van der Waals surface area contributed by atoms with Gasteiger partial charge in [-0.25, -0.2) is 0 Å². The van der Waals surface area contributed by atoms with Gasteiger partial charge < -0.3 is 34.7 Å². The number of rotatable bonds is 16. The summed E-state index contributed by atoms with van der Waals surface area (Å²) in [5.41, 5.74) is 8.83. The number of amidine groups is 2. The SMILES string of the molecule is CCCOc1ccc(CN=C([S-])N/N=C/c2ccc([N+](=O)[O-])cc2)cc1.CCCOc1ccc(CN=C([S-])N/N=C/c2ccc([N+](=O)[O-])cc2)cc1.[Cu+2]. The topological polar surface area (TPSA) is 178 Å². The molecular formula is C36H38CuN8O6S2. The molecule has 0 aliphatic rings. The molecule has 281 valence electrons. The van der Waals surface area contributed by atoms with Crippen molar-refractivity contribution in [2.75, 3.05) is 13.2 Å². The molecule has 0 saturated heterocycles. The Kier molecular flexibility index (Phi) is 20.3. The number of nitrogens with one attached hydrogen (secondary N) is 2. The molecule has 0 aromatic heterocycles. The molecule has 2 N–H and O–H groups in total. The van der Waals surface area contributed by atoms with E-state index in [-0.39, 0.29) is 38.8 Å². The molecule has 0 saturated carbocycles. The number of non-ortho nitro benzene ring substituents is 2. The number of hydrazone groups is 2. The minimum atomic E-state index is -0.449. The quantitative estimate of drug-likeness (QED) is 0.0305. The van der Waals surface area contributed by atoms with Gasteiger partial charge in [-0.15, -0.1) is 0 Å². The van der Waals surface area contributed by atoms with Gasteiger partial charge in [0.05, 0.1) is 48.6 Å². The first-order valence-electron chi connectivity index (χ1n) is 16.1. The normalized spacial score (nSPS) is 11.3. The number of nitro groups is 2. The Labute approximate surface area is 329 Å². The molecule has 17 heteroatoms. The zero-order valence-electron chi connectivity index (χ0n) is 28.9. The van der Waals surface area contributed by atoms with E-state index in [4.69, 9.17) is 34.7 Å². The number of nitrogens with zero attached hydrogens (tertiary/aromatic N) is 6.